The highest BCUT2D eigenvalue weighted by Crippen LogP contribution is 2.26. The number of nitrogens with zero attached hydrogens (tertiary/aromatic N) is 2. The maximum atomic E-state index is 12.0. The second-order valence-corrected chi connectivity index (χ2v) is 4.89. The number of rotatable bonds is 7. The maximum absolute atomic E-state index is 12.0. The fourth-order valence-corrected chi connectivity index (χ4v) is 1.71. The summed E-state index contributed by atoms with van der Waals surface area (Å²) in [6.45, 7) is 2.01. The minimum Gasteiger partial charge on any atom is -0.388 e. The molecule has 24 heavy (non-hydrogen) atoms. The fraction of sp³-hybridized carbons (Fsp3) is 0.214. The van der Waals surface area contributed by atoms with Crippen molar-refractivity contribution in [2.45, 2.75) is 6.92 Å². The van der Waals surface area contributed by atoms with Crippen molar-refractivity contribution in [1.82, 2.24) is 10.6 Å². The summed E-state index contributed by atoms with van der Waals surface area (Å²) in [5.74, 6) is -0.966. The van der Waals surface area contributed by atoms with E-state index in [1.54, 1.807) is 6.07 Å². The van der Waals surface area contributed by atoms with E-state index in [-0.39, 0.29) is 27.9 Å². The first kappa shape index (κ1) is 18.9. The van der Waals surface area contributed by atoms with Crippen LogP contribution in [0.1, 0.15) is 6.92 Å². The summed E-state index contributed by atoms with van der Waals surface area (Å²) < 4.78 is 0. The zero-order valence-corrected chi connectivity index (χ0v) is 13.4. The average Bonchev–Trinajstić information content (AvgIpc) is 2.52. The highest BCUT2D eigenvalue weighted by Gasteiger charge is 2.14. The molecular formula is C14H14ClN5O4. The van der Waals surface area contributed by atoms with Crippen molar-refractivity contribution >= 4 is 34.8 Å². The zero-order chi connectivity index (χ0) is 18.1. The molecule has 2 amide bonds. The van der Waals surface area contributed by atoms with Gasteiger partial charge in [0.2, 0.25) is 5.91 Å². The monoisotopic (exact) mass is 351 g/mol. The number of benzene rings is 1. The Morgan fingerprint density at radius 1 is 1.42 bits per heavy atom. The third-order valence-corrected chi connectivity index (χ3v) is 2.99. The molecule has 0 heterocycles. The topological polar surface area (TPSA) is 137 Å². The Labute approximate surface area is 142 Å². The Hall–Kier alpha value is -3.12. The van der Waals surface area contributed by atoms with Gasteiger partial charge in [0.1, 0.15) is 11.6 Å². The number of hydrogen-bond acceptors (Lipinski definition) is 6. The highest BCUT2D eigenvalue weighted by molar-refractivity contribution is 6.34. The minimum absolute atomic E-state index is 0.0234. The van der Waals surface area contributed by atoms with Crippen LogP contribution >= 0.6 is 11.6 Å². The summed E-state index contributed by atoms with van der Waals surface area (Å²) in [4.78, 5) is 32.8. The molecule has 3 N–H and O–H groups in total. The lowest BCUT2D eigenvalue weighted by atomic mass is 10.2. The summed E-state index contributed by atoms with van der Waals surface area (Å²) in [7, 11) is 0. The molecule has 0 radical (unpaired) electrons. The number of nitrogens with one attached hydrogen (secondary N) is 3. The smallest absolute Gasteiger partial charge is 0.271 e. The third-order valence-electron chi connectivity index (χ3n) is 2.66. The molecule has 1 rings (SSSR count). The van der Waals surface area contributed by atoms with Gasteiger partial charge in [0.15, 0.2) is 0 Å². The van der Waals surface area contributed by atoms with Crippen molar-refractivity contribution in [3.05, 3.63) is 45.1 Å². The summed E-state index contributed by atoms with van der Waals surface area (Å²) >= 11 is 5.87. The number of anilines is 1. The SMILES string of the molecule is CC(=O)NCCN/C=C(/C#N)C(=O)Nc1cc([N+](=O)[O-])ccc1Cl. The first-order chi connectivity index (χ1) is 11.3. The van der Waals surface area contributed by atoms with Crippen molar-refractivity contribution in [1.29, 1.82) is 5.26 Å². The molecule has 0 saturated heterocycles. The van der Waals surface area contributed by atoms with Gasteiger partial charge < -0.3 is 16.0 Å². The van der Waals surface area contributed by atoms with Gasteiger partial charge in [-0.15, -0.1) is 0 Å². The van der Waals surface area contributed by atoms with Crippen LogP contribution in [0.25, 0.3) is 0 Å². The molecular weight excluding hydrogens is 338 g/mol. The summed E-state index contributed by atoms with van der Waals surface area (Å²) in [6.07, 6.45) is 1.18. The molecule has 1 aromatic rings. The standard InChI is InChI=1S/C14H14ClN5O4/c1-9(21)18-5-4-17-8-10(7-16)14(22)19-13-6-11(20(23)24)2-3-12(13)15/h2-3,6,8,17H,4-5H2,1H3,(H,18,21)(H,19,22)/b10-8-. The summed E-state index contributed by atoms with van der Waals surface area (Å²) in [5, 5.41) is 27.4. The van der Waals surface area contributed by atoms with Crippen LogP contribution in [-0.2, 0) is 9.59 Å². The Kier molecular flexibility index (Phi) is 7.19. The van der Waals surface area contributed by atoms with Crippen LogP contribution in [0, 0.1) is 21.4 Å². The van der Waals surface area contributed by atoms with Crippen LogP contribution in [0.5, 0.6) is 0 Å². The van der Waals surface area contributed by atoms with Crippen LogP contribution in [-0.4, -0.2) is 29.8 Å². The van der Waals surface area contributed by atoms with Crippen LogP contribution in [0.2, 0.25) is 5.02 Å². The van der Waals surface area contributed by atoms with Crippen molar-refractivity contribution in [2.24, 2.45) is 0 Å². The van der Waals surface area contributed by atoms with Gasteiger partial charge in [-0.1, -0.05) is 11.6 Å². The van der Waals surface area contributed by atoms with E-state index in [1.807, 2.05) is 0 Å². The first-order valence-electron chi connectivity index (χ1n) is 6.68. The number of nitro groups is 1. The van der Waals surface area contributed by atoms with Crippen molar-refractivity contribution in [2.75, 3.05) is 18.4 Å². The number of amides is 2. The number of carbonyl (C=O) groups is 2. The predicted octanol–water partition coefficient (Wildman–Crippen LogP) is 1.32. The van der Waals surface area contributed by atoms with Crippen LogP contribution < -0.4 is 16.0 Å². The van der Waals surface area contributed by atoms with E-state index in [9.17, 15) is 19.7 Å². The molecule has 10 heteroatoms. The molecule has 1 aromatic carbocycles. The Morgan fingerprint density at radius 2 is 2.12 bits per heavy atom. The lowest BCUT2D eigenvalue weighted by Gasteiger charge is -2.07. The van der Waals surface area contributed by atoms with E-state index in [4.69, 9.17) is 16.9 Å². The highest BCUT2D eigenvalue weighted by atomic mass is 35.5. The normalized spacial score (nSPS) is 10.5. The molecule has 0 aliphatic rings. The van der Waals surface area contributed by atoms with Gasteiger partial charge in [0.25, 0.3) is 11.6 Å². The Balaban J connectivity index is 2.74. The first-order valence-corrected chi connectivity index (χ1v) is 7.06. The van der Waals surface area contributed by atoms with Gasteiger partial charge in [-0.2, -0.15) is 5.26 Å². The fourth-order valence-electron chi connectivity index (χ4n) is 1.55. The van der Waals surface area contributed by atoms with Crippen LogP contribution in [0.3, 0.4) is 0 Å². The second-order valence-electron chi connectivity index (χ2n) is 4.48. The van der Waals surface area contributed by atoms with E-state index in [2.05, 4.69) is 16.0 Å². The number of hydrogen-bond donors (Lipinski definition) is 3. The Bertz CT molecular complexity index is 726. The summed E-state index contributed by atoms with van der Waals surface area (Å²) in [6, 6.07) is 5.27. The summed E-state index contributed by atoms with van der Waals surface area (Å²) in [5.41, 5.74) is -0.471. The molecule has 126 valence electrons. The quantitative estimate of drug-likeness (QED) is 0.223. The second kappa shape index (κ2) is 9.12. The van der Waals surface area contributed by atoms with E-state index in [1.165, 1.54) is 25.3 Å². The van der Waals surface area contributed by atoms with Crippen LogP contribution in [0.15, 0.2) is 30.0 Å². The average molecular weight is 352 g/mol. The van der Waals surface area contributed by atoms with E-state index in [0.717, 1.165) is 6.07 Å². The molecule has 0 spiro atoms. The number of halogens is 1. The zero-order valence-electron chi connectivity index (χ0n) is 12.6. The third kappa shape index (κ3) is 5.94. The lowest BCUT2D eigenvalue weighted by Crippen LogP contribution is -2.28. The van der Waals surface area contributed by atoms with Gasteiger partial charge in [-0.3, -0.25) is 19.7 Å². The molecule has 0 bridgehead atoms. The lowest BCUT2D eigenvalue weighted by molar-refractivity contribution is -0.384. The maximum Gasteiger partial charge on any atom is 0.271 e. The van der Waals surface area contributed by atoms with E-state index < -0.39 is 10.8 Å². The van der Waals surface area contributed by atoms with Crippen LogP contribution in [0.4, 0.5) is 11.4 Å². The predicted molar refractivity (Wildman–Crippen MR) is 87.1 cm³/mol. The Morgan fingerprint density at radius 3 is 2.71 bits per heavy atom. The largest absolute Gasteiger partial charge is 0.388 e. The number of non-ortho nitro benzene ring substituents is 1. The van der Waals surface area contributed by atoms with Gasteiger partial charge in [-0.05, 0) is 6.07 Å². The molecule has 0 saturated carbocycles. The van der Waals surface area contributed by atoms with Gasteiger partial charge >= 0.3 is 0 Å². The van der Waals surface area contributed by atoms with E-state index in [0.29, 0.717) is 13.1 Å². The van der Waals surface area contributed by atoms with Gasteiger partial charge in [0.05, 0.1) is 15.6 Å². The molecule has 0 fully saturated rings. The minimum atomic E-state index is -0.771. The molecule has 0 aliphatic carbocycles. The number of nitriles is 1. The molecule has 9 nitrogen and oxygen atoms in total. The van der Waals surface area contributed by atoms with Crippen molar-refractivity contribution in [3.63, 3.8) is 0 Å². The molecule has 0 aromatic heterocycles. The molecule has 0 aliphatic heterocycles. The molecule has 0 atom stereocenters. The van der Waals surface area contributed by atoms with Crippen molar-refractivity contribution < 1.29 is 14.5 Å². The van der Waals surface area contributed by atoms with Gasteiger partial charge in [0, 0.05) is 38.3 Å². The van der Waals surface area contributed by atoms with E-state index >= 15 is 0 Å². The molecule has 0 unspecified atom stereocenters. The van der Waals surface area contributed by atoms with Crippen molar-refractivity contribution in [3.8, 4) is 6.07 Å². The number of carbonyl (C=O) groups excluding carboxylic acids is 2. The van der Waals surface area contributed by atoms with Gasteiger partial charge in [-0.25, -0.2) is 0 Å². The number of nitro benzene ring substituents is 1.